The predicted octanol–water partition coefficient (Wildman–Crippen LogP) is 1.06. The fourth-order valence-corrected chi connectivity index (χ4v) is 2.06. The summed E-state index contributed by atoms with van der Waals surface area (Å²) in [5.41, 5.74) is 6.50. The van der Waals surface area contributed by atoms with Crippen LogP contribution in [0.3, 0.4) is 0 Å². The van der Waals surface area contributed by atoms with Gasteiger partial charge in [0.2, 0.25) is 5.91 Å². The van der Waals surface area contributed by atoms with Gasteiger partial charge in [-0.15, -0.1) is 0 Å². The fraction of sp³-hybridized carbons (Fsp3) is 0.778. The van der Waals surface area contributed by atoms with Crippen molar-refractivity contribution in [2.24, 2.45) is 11.6 Å². The molecule has 8 heteroatoms. The Morgan fingerprint density at radius 3 is 2.38 bits per heavy atom. The van der Waals surface area contributed by atoms with E-state index in [1.807, 2.05) is 0 Å². The highest BCUT2D eigenvalue weighted by atomic mass is 16.5. The van der Waals surface area contributed by atoms with Gasteiger partial charge in [-0.05, 0) is 26.2 Å². The van der Waals surface area contributed by atoms with E-state index in [-0.39, 0.29) is 11.7 Å². The number of amides is 1. The topological polar surface area (TPSA) is 120 Å². The van der Waals surface area contributed by atoms with Gasteiger partial charge in [0.1, 0.15) is 5.78 Å². The summed E-state index contributed by atoms with van der Waals surface area (Å²) < 4.78 is 10.8. The third kappa shape index (κ3) is 17.2. The monoisotopic (exact) mass is 372 g/mol. The van der Waals surface area contributed by atoms with Gasteiger partial charge >= 0.3 is 0 Å². The molecule has 0 heterocycles. The highest BCUT2D eigenvalue weighted by Crippen LogP contribution is 2.02. The second-order valence-electron chi connectivity index (χ2n) is 6.18. The number of nitrogens with one attached hydrogen (secondary N) is 1. The van der Waals surface area contributed by atoms with Crippen molar-refractivity contribution in [1.29, 1.82) is 0 Å². The normalized spacial score (nSPS) is 11.4. The van der Waals surface area contributed by atoms with E-state index < -0.39 is 0 Å². The van der Waals surface area contributed by atoms with Crippen LogP contribution in [-0.2, 0) is 19.1 Å². The molecule has 0 aliphatic carbocycles. The van der Waals surface area contributed by atoms with Gasteiger partial charge in [0.05, 0.1) is 33.0 Å². The third-order valence-corrected chi connectivity index (χ3v) is 3.52. The van der Waals surface area contributed by atoms with Gasteiger partial charge in [-0.3, -0.25) is 4.79 Å². The zero-order chi connectivity index (χ0) is 19.6. The number of hydrogen-bond donors (Lipinski definition) is 3. The number of allylic oxidation sites excluding steroid dienone is 1. The SMILES string of the molecule is CCCCC(=O)NCCOCCOCCN(N)/C=C(\N)CCCC(C)=O. The molecule has 0 unspecified atom stereocenters. The standard InChI is InChI=1S/C18H36N4O4/c1-3-4-8-18(24)21-9-11-25-13-14-26-12-10-22(20)15-17(19)7-5-6-16(2)23/h15H,3-14,19-20H2,1-2H3,(H,21,24)/b17-15-. The molecule has 0 saturated heterocycles. The van der Waals surface area contributed by atoms with Crippen LogP contribution in [0.1, 0.15) is 52.4 Å². The summed E-state index contributed by atoms with van der Waals surface area (Å²) in [6.45, 7) is 6.54. The van der Waals surface area contributed by atoms with Crippen molar-refractivity contribution in [2.75, 3.05) is 39.5 Å². The minimum absolute atomic E-state index is 0.0726. The van der Waals surface area contributed by atoms with E-state index in [0.717, 1.165) is 19.3 Å². The van der Waals surface area contributed by atoms with Gasteiger partial charge in [-0.1, -0.05) is 13.3 Å². The van der Waals surface area contributed by atoms with Crippen LogP contribution in [-0.4, -0.2) is 56.2 Å². The van der Waals surface area contributed by atoms with Crippen LogP contribution < -0.4 is 16.9 Å². The summed E-state index contributed by atoms with van der Waals surface area (Å²) in [5, 5.41) is 4.29. The highest BCUT2D eigenvalue weighted by Gasteiger charge is 2.00. The molecule has 0 aromatic rings. The maximum Gasteiger partial charge on any atom is 0.220 e. The average Bonchev–Trinajstić information content (AvgIpc) is 2.58. The quantitative estimate of drug-likeness (QED) is 0.198. The van der Waals surface area contributed by atoms with Gasteiger partial charge in [0, 0.05) is 31.3 Å². The number of ether oxygens (including phenoxy) is 2. The van der Waals surface area contributed by atoms with Crippen LogP contribution in [0.2, 0.25) is 0 Å². The molecule has 0 atom stereocenters. The van der Waals surface area contributed by atoms with E-state index in [9.17, 15) is 9.59 Å². The van der Waals surface area contributed by atoms with Crippen LogP contribution in [0.5, 0.6) is 0 Å². The summed E-state index contributed by atoms with van der Waals surface area (Å²) in [5.74, 6) is 6.04. The van der Waals surface area contributed by atoms with Crippen molar-refractivity contribution >= 4 is 11.7 Å². The number of ketones is 1. The summed E-state index contributed by atoms with van der Waals surface area (Å²) in [4.78, 5) is 22.2. The molecular formula is C18H36N4O4. The molecule has 0 fully saturated rings. The van der Waals surface area contributed by atoms with Gasteiger partial charge < -0.3 is 30.3 Å². The lowest BCUT2D eigenvalue weighted by atomic mass is 10.1. The first kappa shape index (κ1) is 24.4. The molecule has 0 aromatic carbocycles. The molecule has 0 saturated carbocycles. The lowest BCUT2D eigenvalue weighted by molar-refractivity contribution is -0.121. The minimum Gasteiger partial charge on any atom is -0.401 e. The van der Waals surface area contributed by atoms with E-state index in [4.69, 9.17) is 21.1 Å². The number of unbranched alkanes of at least 4 members (excludes halogenated alkanes) is 1. The number of rotatable bonds is 17. The molecule has 1 amide bonds. The zero-order valence-electron chi connectivity index (χ0n) is 16.3. The van der Waals surface area contributed by atoms with Gasteiger partial charge in [-0.2, -0.15) is 0 Å². The third-order valence-electron chi connectivity index (χ3n) is 3.52. The molecule has 0 bridgehead atoms. The molecule has 0 aliphatic heterocycles. The fourth-order valence-electron chi connectivity index (χ4n) is 2.06. The molecule has 0 aromatic heterocycles. The Balaban J connectivity index is 3.48. The Hall–Kier alpha value is -1.64. The number of nitrogens with zero attached hydrogens (tertiary/aromatic N) is 1. The lowest BCUT2D eigenvalue weighted by Crippen LogP contribution is -2.30. The van der Waals surface area contributed by atoms with E-state index >= 15 is 0 Å². The van der Waals surface area contributed by atoms with Crippen molar-refractivity contribution in [3.63, 3.8) is 0 Å². The maximum absolute atomic E-state index is 11.4. The van der Waals surface area contributed by atoms with Crippen molar-refractivity contribution < 1.29 is 19.1 Å². The molecule has 8 nitrogen and oxygen atoms in total. The number of nitrogens with two attached hydrogens (primary N) is 2. The number of hydrogen-bond acceptors (Lipinski definition) is 7. The molecule has 0 aliphatic rings. The zero-order valence-corrected chi connectivity index (χ0v) is 16.3. The Bertz CT molecular complexity index is 416. The summed E-state index contributed by atoms with van der Waals surface area (Å²) in [7, 11) is 0. The molecule has 0 spiro atoms. The maximum atomic E-state index is 11.4. The Morgan fingerprint density at radius 1 is 1.04 bits per heavy atom. The number of carbonyl (C=O) groups excluding carboxylic acids is 2. The number of carbonyl (C=O) groups is 2. The van der Waals surface area contributed by atoms with Crippen molar-refractivity contribution in [1.82, 2.24) is 10.3 Å². The largest absolute Gasteiger partial charge is 0.401 e. The second kappa shape index (κ2) is 16.8. The first-order chi connectivity index (χ1) is 12.5. The van der Waals surface area contributed by atoms with Gasteiger partial charge in [-0.25, -0.2) is 5.84 Å². The smallest absolute Gasteiger partial charge is 0.220 e. The van der Waals surface area contributed by atoms with Crippen LogP contribution in [0, 0.1) is 0 Å². The lowest BCUT2D eigenvalue weighted by Gasteiger charge is -2.15. The van der Waals surface area contributed by atoms with Crippen molar-refractivity contribution in [3.8, 4) is 0 Å². The highest BCUT2D eigenvalue weighted by molar-refractivity contribution is 5.75. The Labute approximate surface area is 157 Å². The minimum atomic E-state index is 0.0726. The van der Waals surface area contributed by atoms with Crippen molar-refractivity contribution in [3.05, 3.63) is 11.9 Å². The van der Waals surface area contributed by atoms with Crippen LogP contribution in [0.25, 0.3) is 0 Å². The average molecular weight is 373 g/mol. The Morgan fingerprint density at radius 2 is 1.73 bits per heavy atom. The van der Waals surface area contributed by atoms with E-state index in [1.165, 1.54) is 5.01 Å². The molecular weight excluding hydrogens is 336 g/mol. The summed E-state index contributed by atoms with van der Waals surface area (Å²) in [6.07, 6.45) is 6.09. The van der Waals surface area contributed by atoms with Crippen molar-refractivity contribution in [2.45, 2.75) is 52.4 Å². The van der Waals surface area contributed by atoms with E-state index in [2.05, 4.69) is 12.2 Å². The first-order valence-electron chi connectivity index (χ1n) is 9.34. The van der Waals surface area contributed by atoms with E-state index in [0.29, 0.717) is 64.5 Å². The van der Waals surface area contributed by atoms with Gasteiger partial charge in [0.25, 0.3) is 0 Å². The van der Waals surface area contributed by atoms with Crippen LogP contribution >= 0.6 is 0 Å². The molecule has 0 radical (unpaired) electrons. The molecule has 0 rings (SSSR count). The molecule has 152 valence electrons. The number of Topliss-reactive ketones (excluding diaryl/α,β-unsaturated/α-hetero) is 1. The van der Waals surface area contributed by atoms with Crippen LogP contribution in [0.15, 0.2) is 11.9 Å². The number of hydrazine groups is 1. The summed E-state index contributed by atoms with van der Waals surface area (Å²) in [6, 6.07) is 0. The van der Waals surface area contributed by atoms with E-state index in [1.54, 1.807) is 13.1 Å². The molecule has 5 N–H and O–H groups in total. The molecule has 26 heavy (non-hydrogen) atoms. The Kier molecular flexibility index (Phi) is 15.7. The second-order valence-corrected chi connectivity index (χ2v) is 6.18. The summed E-state index contributed by atoms with van der Waals surface area (Å²) >= 11 is 0. The van der Waals surface area contributed by atoms with Gasteiger partial charge in [0.15, 0.2) is 0 Å². The van der Waals surface area contributed by atoms with Crippen LogP contribution in [0.4, 0.5) is 0 Å². The predicted molar refractivity (Wildman–Crippen MR) is 102 cm³/mol. The first-order valence-corrected chi connectivity index (χ1v) is 9.34.